The number of rotatable bonds is 6. The maximum Gasteiger partial charge on any atom is 0.237 e. The summed E-state index contributed by atoms with van der Waals surface area (Å²) in [6, 6.07) is 7.83. The molecule has 2 aromatic rings. The summed E-state index contributed by atoms with van der Waals surface area (Å²) in [5, 5.41) is 10.2. The predicted octanol–water partition coefficient (Wildman–Crippen LogP) is 2.63. The first kappa shape index (κ1) is 17.5. The molecular weight excluding hydrogens is 318 g/mol. The number of benzene rings is 1. The number of aryl methyl sites for hydroxylation is 2. The van der Waals surface area contributed by atoms with Crippen molar-refractivity contribution >= 4 is 5.91 Å². The Labute approximate surface area is 147 Å². The van der Waals surface area contributed by atoms with E-state index in [2.05, 4.69) is 15.8 Å². The molecule has 1 fully saturated rings. The molecule has 1 saturated heterocycles. The zero-order chi connectivity index (χ0) is 17.6. The van der Waals surface area contributed by atoms with Gasteiger partial charge in [0.15, 0.2) is 0 Å². The second-order valence-corrected chi connectivity index (χ2v) is 6.46. The third-order valence-electron chi connectivity index (χ3n) is 4.58. The molecule has 0 spiro atoms. The SMILES string of the molecule is Cc1noc(C)c1COc1ccc(CN[C@H]2CCCCNC2=O)cc1. The van der Waals surface area contributed by atoms with Gasteiger partial charge in [0.2, 0.25) is 5.91 Å². The van der Waals surface area contributed by atoms with E-state index in [0.717, 1.165) is 54.1 Å². The molecule has 0 saturated carbocycles. The Balaban J connectivity index is 1.51. The Morgan fingerprint density at radius 1 is 1.28 bits per heavy atom. The van der Waals surface area contributed by atoms with Gasteiger partial charge in [-0.1, -0.05) is 17.3 Å². The molecule has 2 N–H and O–H groups in total. The summed E-state index contributed by atoms with van der Waals surface area (Å²) in [4.78, 5) is 11.9. The van der Waals surface area contributed by atoms with Crippen LogP contribution in [0.5, 0.6) is 5.75 Å². The number of carbonyl (C=O) groups is 1. The quantitative estimate of drug-likeness (QED) is 0.843. The van der Waals surface area contributed by atoms with Crippen LogP contribution in [0.4, 0.5) is 0 Å². The Morgan fingerprint density at radius 2 is 2.08 bits per heavy atom. The summed E-state index contributed by atoms with van der Waals surface area (Å²) >= 11 is 0. The molecule has 1 aromatic carbocycles. The van der Waals surface area contributed by atoms with Crippen LogP contribution in [0.3, 0.4) is 0 Å². The fraction of sp³-hybridized carbons (Fsp3) is 0.474. The molecule has 134 valence electrons. The third-order valence-corrected chi connectivity index (χ3v) is 4.58. The molecule has 1 atom stereocenters. The molecule has 0 radical (unpaired) electrons. The van der Waals surface area contributed by atoms with Gasteiger partial charge < -0.3 is 19.9 Å². The van der Waals surface area contributed by atoms with Crippen LogP contribution in [0.15, 0.2) is 28.8 Å². The third kappa shape index (κ3) is 4.60. The Bertz CT molecular complexity index is 690. The predicted molar refractivity (Wildman–Crippen MR) is 94.2 cm³/mol. The van der Waals surface area contributed by atoms with Crippen LogP contribution in [0, 0.1) is 13.8 Å². The second-order valence-electron chi connectivity index (χ2n) is 6.46. The summed E-state index contributed by atoms with van der Waals surface area (Å²) in [6.45, 7) is 5.70. The fourth-order valence-corrected chi connectivity index (χ4v) is 2.94. The second kappa shape index (κ2) is 8.16. The first-order chi connectivity index (χ1) is 12.1. The Morgan fingerprint density at radius 3 is 2.80 bits per heavy atom. The summed E-state index contributed by atoms with van der Waals surface area (Å²) in [7, 11) is 0. The number of carbonyl (C=O) groups excluding carboxylic acids is 1. The number of hydrogen-bond acceptors (Lipinski definition) is 5. The molecule has 6 heteroatoms. The summed E-state index contributed by atoms with van der Waals surface area (Å²) < 4.78 is 10.9. The van der Waals surface area contributed by atoms with Crippen molar-refractivity contribution < 1.29 is 14.1 Å². The number of amides is 1. The molecule has 1 aliphatic heterocycles. The topological polar surface area (TPSA) is 76.4 Å². The van der Waals surface area contributed by atoms with E-state index in [4.69, 9.17) is 9.26 Å². The first-order valence-electron chi connectivity index (χ1n) is 8.78. The summed E-state index contributed by atoms with van der Waals surface area (Å²) in [5.41, 5.74) is 2.98. The van der Waals surface area contributed by atoms with Gasteiger partial charge in [0.1, 0.15) is 18.1 Å². The molecule has 2 heterocycles. The maximum absolute atomic E-state index is 11.9. The van der Waals surface area contributed by atoms with E-state index < -0.39 is 0 Å². The number of ether oxygens (including phenoxy) is 1. The van der Waals surface area contributed by atoms with Gasteiger partial charge in [-0.2, -0.15) is 0 Å². The zero-order valence-corrected chi connectivity index (χ0v) is 14.8. The van der Waals surface area contributed by atoms with Crippen LogP contribution in [0.25, 0.3) is 0 Å². The molecule has 1 aromatic heterocycles. The normalized spacial score (nSPS) is 17.8. The smallest absolute Gasteiger partial charge is 0.237 e. The van der Waals surface area contributed by atoms with Gasteiger partial charge in [-0.25, -0.2) is 0 Å². The largest absolute Gasteiger partial charge is 0.489 e. The van der Waals surface area contributed by atoms with Crippen molar-refractivity contribution in [3.05, 3.63) is 46.8 Å². The van der Waals surface area contributed by atoms with E-state index in [1.54, 1.807) is 0 Å². The monoisotopic (exact) mass is 343 g/mol. The first-order valence-corrected chi connectivity index (χ1v) is 8.78. The van der Waals surface area contributed by atoms with Crippen molar-refractivity contribution in [3.8, 4) is 5.75 Å². The van der Waals surface area contributed by atoms with Gasteiger partial charge in [-0.05, 0) is 50.8 Å². The fourth-order valence-electron chi connectivity index (χ4n) is 2.94. The van der Waals surface area contributed by atoms with E-state index in [9.17, 15) is 4.79 Å². The minimum Gasteiger partial charge on any atom is -0.489 e. The lowest BCUT2D eigenvalue weighted by atomic mass is 10.1. The highest BCUT2D eigenvalue weighted by Crippen LogP contribution is 2.18. The number of hydrogen-bond donors (Lipinski definition) is 2. The average Bonchev–Trinajstić information content (AvgIpc) is 2.80. The number of nitrogens with zero attached hydrogens (tertiary/aromatic N) is 1. The van der Waals surface area contributed by atoms with Crippen LogP contribution < -0.4 is 15.4 Å². The van der Waals surface area contributed by atoms with Crippen LogP contribution in [-0.2, 0) is 17.9 Å². The highest BCUT2D eigenvalue weighted by Gasteiger charge is 2.19. The van der Waals surface area contributed by atoms with Gasteiger partial charge in [-0.3, -0.25) is 4.79 Å². The molecule has 1 amide bonds. The van der Waals surface area contributed by atoms with Crippen molar-refractivity contribution in [2.75, 3.05) is 6.54 Å². The zero-order valence-electron chi connectivity index (χ0n) is 14.8. The van der Waals surface area contributed by atoms with Crippen molar-refractivity contribution in [1.29, 1.82) is 0 Å². The van der Waals surface area contributed by atoms with Crippen molar-refractivity contribution in [2.24, 2.45) is 0 Å². The van der Waals surface area contributed by atoms with Crippen molar-refractivity contribution in [1.82, 2.24) is 15.8 Å². The van der Waals surface area contributed by atoms with Crippen molar-refractivity contribution in [2.45, 2.75) is 52.3 Å². The summed E-state index contributed by atoms with van der Waals surface area (Å²) in [5.74, 6) is 1.70. The lowest BCUT2D eigenvalue weighted by molar-refractivity contribution is -0.122. The molecule has 1 aliphatic rings. The van der Waals surface area contributed by atoms with Gasteiger partial charge in [0.25, 0.3) is 0 Å². The molecule has 6 nitrogen and oxygen atoms in total. The molecule has 0 aliphatic carbocycles. The lowest BCUT2D eigenvalue weighted by Crippen LogP contribution is -2.42. The summed E-state index contributed by atoms with van der Waals surface area (Å²) in [6.07, 6.45) is 3.02. The molecule has 3 rings (SSSR count). The van der Waals surface area contributed by atoms with Crippen LogP contribution >= 0.6 is 0 Å². The van der Waals surface area contributed by atoms with Crippen LogP contribution in [0.1, 0.15) is 41.8 Å². The molecule has 0 bridgehead atoms. The Kier molecular flexibility index (Phi) is 5.71. The molecule has 25 heavy (non-hydrogen) atoms. The lowest BCUT2D eigenvalue weighted by Gasteiger charge is -2.15. The van der Waals surface area contributed by atoms with E-state index in [0.29, 0.717) is 13.2 Å². The van der Waals surface area contributed by atoms with Gasteiger partial charge in [-0.15, -0.1) is 0 Å². The highest BCUT2D eigenvalue weighted by atomic mass is 16.5. The van der Waals surface area contributed by atoms with Crippen LogP contribution in [-0.4, -0.2) is 23.7 Å². The van der Waals surface area contributed by atoms with Crippen LogP contribution in [0.2, 0.25) is 0 Å². The maximum atomic E-state index is 11.9. The standard InChI is InChI=1S/C19H25N3O3/c1-13-17(14(2)25-22-13)12-24-16-8-6-15(7-9-16)11-21-18-5-3-4-10-20-19(18)23/h6-9,18,21H,3-5,10-12H2,1-2H3,(H,20,23)/t18-/m0/s1. The van der Waals surface area contributed by atoms with Crippen molar-refractivity contribution in [3.63, 3.8) is 0 Å². The number of aromatic nitrogens is 1. The average molecular weight is 343 g/mol. The highest BCUT2D eigenvalue weighted by molar-refractivity contribution is 5.81. The van der Waals surface area contributed by atoms with Gasteiger partial charge >= 0.3 is 0 Å². The van der Waals surface area contributed by atoms with E-state index in [-0.39, 0.29) is 11.9 Å². The minimum atomic E-state index is -0.0991. The van der Waals surface area contributed by atoms with Gasteiger partial charge in [0.05, 0.1) is 17.3 Å². The van der Waals surface area contributed by atoms with E-state index in [1.165, 1.54) is 0 Å². The Hall–Kier alpha value is -2.34. The van der Waals surface area contributed by atoms with E-state index >= 15 is 0 Å². The minimum absolute atomic E-state index is 0.0991. The molecular formula is C19H25N3O3. The number of nitrogens with one attached hydrogen (secondary N) is 2. The van der Waals surface area contributed by atoms with Gasteiger partial charge in [0, 0.05) is 13.1 Å². The van der Waals surface area contributed by atoms with E-state index in [1.807, 2.05) is 38.1 Å². The molecule has 0 unspecified atom stereocenters.